The molecular weight excluding hydrogens is 254 g/mol. The molecule has 1 aromatic carbocycles. The lowest BCUT2D eigenvalue weighted by Crippen LogP contribution is -2.29. The summed E-state index contributed by atoms with van der Waals surface area (Å²) >= 11 is 5.91. The van der Waals surface area contributed by atoms with Gasteiger partial charge >= 0.3 is 0 Å². The van der Waals surface area contributed by atoms with E-state index in [4.69, 9.17) is 21.4 Å². The number of aliphatic hydroxyl groups is 1. The van der Waals surface area contributed by atoms with Gasteiger partial charge in [-0.15, -0.1) is 0 Å². The highest BCUT2D eigenvalue weighted by molar-refractivity contribution is 6.31. The first kappa shape index (κ1) is 13.2. The van der Waals surface area contributed by atoms with Crippen LogP contribution in [0.5, 0.6) is 5.75 Å². The van der Waals surface area contributed by atoms with Crippen LogP contribution in [0.25, 0.3) is 0 Å². The van der Waals surface area contributed by atoms with Crippen LogP contribution >= 0.6 is 11.6 Å². The molecule has 1 saturated heterocycles. The van der Waals surface area contributed by atoms with Gasteiger partial charge in [0.2, 0.25) is 0 Å². The number of amides is 1. The van der Waals surface area contributed by atoms with Crippen molar-refractivity contribution in [1.82, 2.24) is 4.90 Å². The molecule has 1 atom stereocenters. The third-order valence-corrected chi connectivity index (χ3v) is 3.46. The Labute approximate surface area is 111 Å². The van der Waals surface area contributed by atoms with Gasteiger partial charge in [0.05, 0.1) is 12.7 Å². The van der Waals surface area contributed by atoms with E-state index in [-0.39, 0.29) is 18.4 Å². The van der Waals surface area contributed by atoms with E-state index in [0.29, 0.717) is 29.4 Å². The number of carbonyl (C=O) groups excluding carboxylic acids is 1. The van der Waals surface area contributed by atoms with Gasteiger partial charge in [0.15, 0.2) is 0 Å². The van der Waals surface area contributed by atoms with Crippen LogP contribution in [0, 0.1) is 5.92 Å². The second kappa shape index (κ2) is 5.59. The zero-order valence-electron chi connectivity index (χ0n) is 10.2. The molecule has 1 aliphatic rings. The lowest BCUT2D eigenvalue weighted by molar-refractivity contribution is 0.0778. The van der Waals surface area contributed by atoms with Crippen molar-refractivity contribution in [2.24, 2.45) is 5.92 Å². The molecule has 1 heterocycles. The van der Waals surface area contributed by atoms with Crippen LogP contribution in [-0.4, -0.2) is 42.7 Å². The Hall–Kier alpha value is -1.26. The number of hydrogen-bond donors (Lipinski definition) is 1. The molecule has 4 nitrogen and oxygen atoms in total. The van der Waals surface area contributed by atoms with Crippen LogP contribution in [-0.2, 0) is 0 Å². The summed E-state index contributed by atoms with van der Waals surface area (Å²) in [6.07, 6.45) is 0.838. The molecule has 1 unspecified atom stereocenters. The van der Waals surface area contributed by atoms with Gasteiger partial charge in [-0.2, -0.15) is 0 Å². The van der Waals surface area contributed by atoms with Gasteiger partial charge in [-0.05, 0) is 24.6 Å². The van der Waals surface area contributed by atoms with E-state index in [2.05, 4.69) is 0 Å². The second-order valence-electron chi connectivity index (χ2n) is 4.43. The standard InChI is InChI=1S/C13H16ClNO3/c1-18-12-3-2-10(14)6-11(12)13(17)15-5-4-9(7-15)8-16/h2-3,6,9,16H,4-5,7-8H2,1H3. The predicted molar refractivity (Wildman–Crippen MR) is 69.1 cm³/mol. The third-order valence-electron chi connectivity index (χ3n) is 3.22. The second-order valence-corrected chi connectivity index (χ2v) is 4.87. The Kier molecular flexibility index (Phi) is 4.09. The number of likely N-dealkylation sites (tertiary alicyclic amines) is 1. The maximum atomic E-state index is 12.3. The minimum Gasteiger partial charge on any atom is -0.496 e. The van der Waals surface area contributed by atoms with E-state index >= 15 is 0 Å². The Morgan fingerprint density at radius 3 is 3.00 bits per heavy atom. The molecule has 1 aliphatic heterocycles. The van der Waals surface area contributed by atoms with Crippen molar-refractivity contribution < 1.29 is 14.6 Å². The van der Waals surface area contributed by atoms with Crippen molar-refractivity contribution in [2.75, 3.05) is 26.8 Å². The quantitative estimate of drug-likeness (QED) is 0.910. The molecule has 5 heteroatoms. The van der Waals surface area contributed by atoms with Gasteiger partial charge in [-0.25, -0.2) is 0 Å². The smallest absolute Gasteiger partial charge is 0.257 e. The molecular formula is C13H16ClNO3. The van der Waals surface area contributed by atoms with Gasteiger partial charge in [0.1, 0.15) is 5.75 Å². The molecule has 2 rings (SSSR count). The summed E-state index contributed by atoms with van der Waals surface area (Å²) in [5.74, 6) is 0.612. The van der Waals surface area contributed by atoms with E-state index in [1.165, 1.54) is 7.11 Å². The molecule has 0 aliphatic carbocycles. The monoisotopic (exact) mass is 269 g/mol. The van der Waals surface area contributed by atoms with E-state index in [1.54, 1.807) is 23.1 Å². The molecule has 1 N–H and O–H groups in total. The molecule has 98 valence electrons. The van der Waals surface area contributed by atoms with Gasteiger partial charge in [-0.3, -0.25) is 4.79 Å². The van der Waals surface area contributed by atoms with Crippen LogP contribution in [0.4, 0.5) is 0 Å². The number of benzene rings is 1. The average molecular weight is 270 g/mol. The summed E-state index contributed by atoms with van der Waals surface area (Å²) in [7, 11) is 1.53. The topological polar surface area (TPSA) is 49.8 Å². The third kappa shape index (κ3) is 2.60. The SMILES string of the molecule is COc1ccc(Cl)cc1C(=O)N1CCC(CO)C1. The number of aliphatic hydroxyl groups excluding tert-OH is 1. The molecule has 0 radical (unpaired) electrons. The van der Waals surface area contributed by atoms with Crippen molar-refractivity contribution in [1.29, 1.82) is 0 Å². The fourth-order valence-corrected chi connectivity index (χ4v) is 2.36. The summed E-state index contributed by atoms with van der Waals surface area (Å²) in [6.45, 7) is 1.38. The summed E-state index contributed by atoms with van der Waals surface area (Å²) in [5.41, 5.74) is 0.476. The number of rotatable bonds is 3. The first-order valence-corrected chi connectivity index (χ1v) is 6.27. The summed E-state index contributed by atoms with van der Waals surface area (Å²) in [4.78, 5) is 14.1. The Balaban J connectivity index is 2.21. The fraction of sp³-hybridized carbons (Fsp3) is 0.462. The van der Waals surface area contributed by atoms with E-state index in [0.717, 1.165) is 6.42 Å². The number of carbonyl (C=O) groups is 1. The van der Waals surface area contributed by atoms with Crippen LogP contribution in [0.2, 0.25) is 5.02 Å². The number of halogens is 1. The van der Waals surface area contributed by atoms with Crippen LogP contribution in [0.15, 0.2) is 18.2 Å². The Bertz CT molecular complexity index is 450. The summed E-state index contributed by atoms with van der Waals surface area (Å²) < 4.78 is 5.18. The van der Waals surface area contributed by atoms with Gasteiger partial charge in [0, 0.05) is 30.6 Å². The van der Waals surface area contributed by atoms with Crippen molar-refractivity contribution >= 4 is 17.5 Å². The number of methoxy groups -OCH3 is 1. The normalized spacial score (nSPS) is 19.1. The molecule has 1 fully saturated rings. The minimum absolute atomic E-state index is 0.0923. The van der Waals surface area contributed by atoms with Crippen molar-refractivity contribution in [3.63, 3.8) is 0 Å². The lowest BCUT2D eigenvalue weighted by Gasteiger charge is -2.18. The number of hydrogen-bond acceptors (Lipinski definition) is 3. The van der Waals surface area contributed by atoms with E-state index < -0.39 is 0 Å². The maximum absolute atomic E-state index is 12.3. The molecule has 0 saturated carbocycles. The summed E-state index contributed by atoms with van der Waals surface area (Å²) in [5, 5.41) is 9.61. The maximum Gasteiger partial charge on any atom is 0.257 e. The fourth-order valence-electron chi connectivity index (χ4n) is 2.18. The molecule has 1 aromatic rings. The highest BCUT2D eigenvalue weighted by Gasteiger charge is 2.28. The number of ether oxygens (including phenoxy) is 1. The predicted octanol–water partition coefficient (Wildman–Crippen LogP) is 1.80. The van der Waals surface area contributed by atoms with Gasteiger partial charge < -0.3 is 14.7 Å². The van der Waals surface area contributed by atoms with Crippen molar-refractivity contribution in [3.8, 4) is 5.75 Å². The van der Waals surface area contributed by atoms with Crippen LogP contribution in [0.1, 0.15) is 16.8 Å². The largest absolute Gasteiger partial charge is 0.496 e. The van der Waals surface area contributed by atoms with E-state index in [9.17, 15) is 4.79 Å². The summed E-state index contributed by atoms with van der Waals surface area (Å²) in [6, 6.07) is 5.00. The molecule has 0 spiro atoms. The van der Waals surface area contributed by atoms with Gasteiger partial charge in [0.25, 0.3) is 5.91 Å². The lowest BCUT2D eigenvalue weighted by atomic mass is 10.1. The molecule has 1 amide bonds. The molecule has 18 heavy (non-hydrogen) atoms. The zero-order chi connectivity index (χ0) is 13.1. The van der Waals surface area contributed by atoms with E-state index in [1.807, 2.05) is 0 Å². The van der Waals surface area contributed by atoms with Gasteiger partial charge in [-0.1, -0.05) is 11.6 Å². The first-order valence-electron chi connectivity index (χ1n) is 5.89. The Morgan fingerprint density at radius 2 is 2.39 bits per heavy atom. The molecule has 0 aromatic heterocycles. The minimum atomic E-state index is -0.0923. The number of nitrogens with zero attached hydrogens (tertiary/aromatic N) is 1. The zero-order valence-corrected chi connectivity index (χ0v) is 11.0. The highest BCUT2D eigenvalue weighted by Crippen LogP contribution is 2.26. The van der Waals surface area contributed by atoms with Crippen LogP contribution < -0.4 is 4.74 Å². The van der Waals surface area contributed by atoms with Crippen molar-refractivity contribution in [2.45, 2.75) is 6.42 Å². The average Bonchev–Trinajstić information content (AvgIpc) is 2.86. The Morgan fingerprint density at radius 1 is 1.61 bits per heavy atom. The highest BCUT2D eigenvalue weighted by atomic mass is 35.5. The molecule has 0 bridgehead atoms. The van der Waals surface area contributed by atoms with Crippen LogP contribution in [0.3, 0.4) is 0 Å². The first-order chi connectivity index (χ1) is 8.65. The van der Waals surface area contributed by atoms with Crippen molar-refractivity contribution in [3.05, 3.63) is 28.8 Å².